The van der Waals surface area contributed by atoms with E-state index in [4.69, 9.17) is 16.3 Å². The van der Waals surface area contributed by atoms with Gasteiger partial charge in [0.05, 0.1) is 0 Å². The molecule has 0 radical (unpaired) electrons. The van der Waals surface area contributed by atoms with E-state index in [0.717, 1.165) is 12.0 Å². The van der Waals surface area contributed by atoms with Crippen molar-refractivity contribution in [1.82, 2.24) is 4.90 Å². The van der Waals surface area contributed by atoms with E-state index >= 15 is 0 Å². The average molecular weight is 339 g/mol. The van der Waals surface area contributed by atoms with Gasteiger partial charge in [0.2, 0.25) is 5.91 Å². The van der Waals surface area contributed by atoms with Crippen molar-refractivity contribution in [3.8, 4) is 0 Å². The Balaban J connectivity index is 2.09. The molecule has 1 aromatic rings. The zero-order valence-electron chi connectivity index (χ0n) is 14.0. The first-order valence-corrected chi connectivity index (χ1v) is 8.12. The molecule has 0 aromatic heterocycles. The third-order valence-electron chi connectivity index (χ3n) is 3.71. The van der Waals surface area contributed by atoms with Crippen molar-refractivity contribution in [3.63, 3.8) is 0 Å². The van der Waals surface area contributed by atoms with Gasteiger partial charge in [-0.2, -0.15) is 0 Å². The van der Waals surface area contributed by atoms with Crippen LogP contribution in [0.1, 0.15) is 39.2 Å². The molecule has 5 nitrogen and oxygen atoms in total. The molecule has 0 saturated carbocycles. The molecule has 1 N–H and O–H groups in total. The number of halogens is 1. The van der Waals surface area contributed by atoms with Crippen LogP contribution in [0.3, 0.4) is 0 Å². The molecule has 1 atom stereocenters. The van der Waals surface area contributed by atoms with Crippen molar-refractivity contribution in [2.75, 3.05) is 11.9 Å². The second-order valence-electron chi connectivity index (χ2n) is 6.73. The number of nitrogens with one attached hydrogen (secondary N) is 1. The summed E-state index contributed by atoms with van der Waals surface area (Å²) >= 11 is 6.07. The Hall–Kier alpha value is -1.75. The van der Waals surface area contributed by atoms with Crippen LogP contribution in [-0.4, -0.2) is 35.1 Å². The van der Waals surface area contributed by atoms with Gasteiger partial charge >= 0.3 is 6.09 Å². The molecule has 126 valence electrons. The van der Waals surface area contributed by atoms with Gasteiger partial charge < -0.3 is 10.1 Å². The van der Waals surface area contributed by atoms with E-state index in [0.29, 0.717) is 23.7 Å². The molecular weight excluding hydrogens is 316 g/mol. The van der Waals surface area contributed by atoms with Crippen molar-refractivity contribution in [2.45, 2.75) is 52.2 Å². The third-order valence-corrected chi connectivity index (χ3v) is 4.12. The fourth-order valence-electron chi connectivity index (χ4n) is 2.54. The summed E-state index contributed by atoms with van der Waals surface area (Å²) in [5.74, 6) is -0.210. The van der Waals surface area contributed by atoms with Crippen molar-refractivity contribution < 1.29 is 14.3 Å². The predicted molar refractivity (Wildman–Crippen MR) is 90.8 cm³/mol. The zero-order valence-corrected chi connectivity index (χ0v) is 14.7. The fourth-order valence-corrected chi connectivity index (χ4v) is 2.71. The summed E-state index contributed by atoms with van der Waals surface area (Å²) in [6.07, 6.45) is 0.967. The van der Waals surface area contributed by atoms with Gasteiger partial charge in [0.25, 0.3) is 0 Å². The highest BCUT2D eigenvalue weighted by Crippen LogP contribution is 2.26. The van der Waals surface area contributed by atoms with E-state index in [2.05, 4.69) is 5.32 Å². The summed E-state index contributed by atoms with van der Waals surface area (Å²) in [6, 6.07) is 4.84. The predicted octanol–water partition coefficient (Wildman–Crippen LogP) is 3.99. The maximum Gasteiger partial charge on any atom is 0.410 e. The minimum Gasteiger partial charge on any atom is -0.444 e. The van der Waals surface area contributed by atoms with Crippen molar-refractivity contribution >= 4 is 29.3 Å². The molecule has 1 saturated heterocycles. The Kier molecular flexibility index (Phi) is 5.19. The van der Waals surface area contributed by atoms with Crippen LogP contribution in [0.5, 0.6) is 0 Å². The van der Waals surface area contributed by atoms with E-state index in [1.165, 1.54) is 4.90 Å². The van der Waals surface area contributed by atoms with Gasteiger partial charge in [-0.1, -0.05) is 17.7 Å². The van der Waals surface area contributed by atoms with Gasteiger partial charge in [-0.3, -0.25) is 9.69 Å². The van der Waals surface area contributed by atoms with Crippen molar-refractivity contribution in [3.05, 3.63) is 28.8 Å². The lowest BCUT2D eigenvalue weighted by atomic mass is 10.1. The Bertz CT molecular complexity index is 610. The van der Waals surface area contributed by atoms with Gasteiger partial charge in [-0.15, -0.1) is 0 Å². The molecule has 2 rings (SSSR count). The molecule has 1 heterocycles. The van der Waals surface area contributed by atoms with E-state index in [1.54, 1.807) is 18.2 Å². The van der Waals surface area contributed by atoms with Crippen LogP contribution in [-0.2, 0) is 9.53 Å². The maximum absolute atomic E-state index is 12.6. The Morgan fingerprint density at radius 2 is 2.04 bits per heavy atom. The number of hydrogen-bond donors (Lipinski definition) is 1. The van der Waals surface area contributed by atoms with E-state index in [9.17, 15) is 9.59 Å². The highest BCUT2D eigenvalue weighted by atomic mass is 35.5. The van der Waals surface area contributed by atoms with E-state index in [-0.39, 0.29) is 5.91 Å². The summed E-state index contributed by atoms with van der Waals surface area (Å²) in [5.41, 5.74) is 0.896. The zero-order chi connectivity index (χ0) is 17.2. The summed E-state index contributed by atoms with van der Waals surface area (Å²) in [7, 11) is 0. The molecular formula is C17H23ClN2O3. The molecule has 1 aromatic carbocycles. The molecule has 0 bridgehead atoms. The Morgan fingerprint density at radius 1 is 1.35 bits per heavy atom. The minimum atomic E-state index is -0.579. The first kappa shape index (κ1) is 17.6. The van der Waals surface area contributed by atoms with Crippen molar-refractivity contribution in [1.29, 1.82) is 0 Å². The molecule has 6 heteroatoms. The number of amides is 2. The lowest BCUT2D eigenvalue weighted by molar-refractivity contribution is -0.120. The van der Waals surface area contributed by atoms with Gasteiger partial charge in [-0.25, -0.2) is 4.79 Å². The second-order valence-corrected chi connectivity index (χ2v) is 7.14. The molecule has 1 aliphatic rings. The average Bonchev–Trinajstić information content (AvgIpc) is 2.91. The summed E-state index contributed by atoms with van der Waals surface area (Å²) in [6.45, 7) is 7.81. The number of rotatable bonds is 2. The van der Waals surface area contributed by atoms with Gasteiger partial charge in [0, 0.05) is 17.3 Å². The molecule has 0 spiro atoms. The van der Waals surface area contributed by atoms with Crippen LogP contribution in [0.15, 0.2) is 18.2 Å². The van der Waals surface area contributed by atoms with E-state index in [1.807, 2.05) is 27.7 Å². The fraction of sp³-hybridized carbons (Fsp3) is 0.529. The monoisotopic (exact) mass is 338 g/mol. The van der Waals surface area contributed by atoms with Crippen molar-refractivity contribution in [2.24, 2.45) is 0 Å². The minimum absolute atomic E-state index is 0.210. The smallest absolute Gasteiger partial charge is 0.410 e. The first-order valence-electron chi connectivity index (χ1n) is 7.74. The summed E-state index contributed by atoms with van der Waals surface area (Å²) < 4.78 is 5.38. The number of hydrogen-bond acceptors (Lipinski definition) is 3. The van der Waals surface area contributed by atoms with Crippen LogP contribution in [0.4, 0.5) is 10.5 Å². The third kappa shape index (κ3) is 4.38. The highest BCUT2D eigenvalue weighted by Gasteiger charge is 2.36. The molecule has 1 unspecified atom stereocenters. The standard InChI is InChI=1S/C17H23ClN2O3/c1-11-12(18)7-5-8-13(11)19-15(21)14-9-6-10-20(14)16(22)23-17(2,3)4/h5,7-8,14H,6,9-10H2,1-4H3,(H,19,21). The Morgan fingerprint density at radius 3 is 2.70 bits per heavy atom. The quantitative estimate of drug-likeness (QED) is 0.887. The summed E-state index contributed by atoms with van der Waals surface area (Å²) in [4.78, 5) is 26.3. The van der Waals surface area contributed by atoms with Crippen LogP contribution < -0.4 is 5.32 Å². The van der Waals surface area contributed by atoms with Crippen LogP contribution in [0, 0.1) is 6.92 Å². The molecule has 0 aliphatic carbocycles. The normalized spacial score (nSPS) is 18.0. The lowest BCUT2D eigenvalue weighted by Gasteiger charge is -2.28. The van der Waals surface area contributed by atoms with Crippen LogP contribution in [0.25, 0.3) is 0 Å². The number of carbonyl (C=O) groups excluding carboxylic acids is 2. The SMILES string of the molecule is Cc1c(Cl)cccc1NC(=O)C1CCCN1C(=O)OC(C)(C)C. The largest absolute Gasteiger partial charge is 0.444 e. The van der Waals surface area contributed by atoms with Crippen LogP contribution >= 0.6 is 11.6 Å². The number of carbonyl (C=O) groups is 2. The Labute approximate surface area is 141 Å². The maximum atomic E-state index is 12.6. The van der Waals surface area contributed by atoms with Crippen LogP contribution in [0.2, 0.25) is 5.02 Å². The number of likely N-dealkylation sites (tertiary alicyclic amines) is 1. The van der Waals surface area contributed by atoms with Gasteiger partial charge in [-0.05, 0) is 58.2 Å². The molecule has 2 amide bonds. The number of benzene rings is 1. The van der Waals surface area contributed by atoms with E-state index < -0.39 is 17.7 Å². The van der Waals surface area contributed by atoms with Gasteiger partial charge in [0.1, 0.15) is 11.6 Å². The number of ether oxygens (including phenoxy) is 1. The molecule has 23 heavy (non-hydrogen) atoms. The second kappa shape index (κ2) is 6.79. The topological polar surface area (TPSA) is 58.6 Å². The lowest BCUT2D eigenvalue weighted by Crippen LogP contribution is -2.45. The number of anilines is 1. The highest BCUT2D eigenvalue weighted by molar-refractivity contribution is 6.31. The first-order chi connectivity index (χ1) is 10.7. The summed E-state index contributed by atoms with van der Waals surface area (Å²) in [5, 5.41) is 3.46. The number of nitrogens with zero attached hydrogens (tertiary/aromatic N) is 1. The van der Waals surface area contributed by atoms with Gasteiger partial charge in [0.15, 0.2) is 0 Å². The molecule has 1 fully saturated rings. The molecule has 1 aliphatic heterocycles.